The molecular weight excluding hydrogens is 196 g/mol. The van der Waals surface area contributed by atoms with E-state index in [2.05, 4.69) is 30.4 Å². The summed E-state index contributed by atoms with van der Waals surface area (Å²) < 4.78 is 0. The number of allylic oxidation sites excluding steroid dienone is 4. The minimum absolute atomic E-state index is 0.0552. The number of fused-ring (bicyclic) bond motifs is 1. The van der Waals surface area contributed by atoms with Gasteiger partial charge in [-0.1, -0.05) is 31.1 Å². The number of rotatable bonds is 0. The fourth-order valence-corrected chi connectivity index (χ4v) is 5.01. The molecule has 4 atom stereocenters. The highest BCUT2D eigenvalue weighted by Crippen LogP contribution is 2.89. The van der Waals surface area contributed by atoms with Gasteiger partial charge in [0.25, 0.3) is 0 Å². The van der Waals surface area contributed by atoms with Crippen molar-refractivity contribution >= 4 is 0 Å². The first kappa shape index (κ1) is 8.59. The molecule has 2 saturated carbocycles. The van der Waals surface area contributed by atoms with Crippen molar-refractivity contribution in [3.8, 4) is 12.1 Å². The van der Waals surface area contributed by atoms with E-state index in [0.29, 0.717) is 5.92 Å². The van der Waals surface area contributed by atoms with Crippen LogP contribution in [0.25, 0.3) is 0 Å². The van der Waals surface area contributed by atoms with Gasteiger partial charge in [0.15, 0.2) is 0 Å². The highest BCUT2D eigenvalue weighted by atomic mass is 14.9. The molecule has 0 amide bonds. The third kappa shape index (κ3) is 0.496. The maximum absolute atomic E-state index is 9.46. The number of hydrogen-bond acceptors (Lipinski definition) is 2. The molecule has 2 fully saturated rings. The first-order valence-electron chi connectivity index (χ1n) is 6.01. The Morgan fingerprint density at radius 3 is 2.75 bits per heavy atom. The van der Waals surface area contributed by atoms with Crippen LogP contribution in [-0.4, -0.2) is 0 Å². The summed E-state index contributed by atoms with van der Waals surface area (Å²) in [5.41, 5.74) is 0.739. The van der Waals surface area contributed by atoms with Gasteiger partial charge in [-0.05, 0) is 12.8 Å². The summed E-state index contributed by atoms with van der Waals surface area (Å²) >= 11 is 0. The van der Waals surface area contributed by atoms with Gasteiger partial charge in [0.1, 0.15) is 0 Å². The summed E-state index contributed by atoms with van der Waals surface area (Å²) in [5.74, 6) is 0.338. The van der Waals surface area contributed by atoms with Crippen LogP contribution in [-0.2, 0) is 0 Å². The molecule has 2 heteroatoms. The standard InChI is InChI=1S/C14H12N2/c15-8-10-7-11-13(9-16)6-5-12(10)3-1-2-4-14(11,12)13/h5-7,11H,1-4H2/t11-,12?,13-,14?/m0/s1. The summed E-state index contributed by atoms with van der Waals surface area (Å²) in [4.78, 5) is 0. The van der Waals surface area contributed by atoms with Gasteiger partial charge in [0.2, 0.25) is 0 Å². The summed E-state index contributed by atoms with van der Waals surface area (Å²) in [7, 11) is 0. The van der Waals surface area contributed by atoms with Crippen LogP contribution >= 0.6 is 0 Å². The van der Waals surface area contributed by atoms with Crippen LogP contribution in [0.5, 0.6) is 0 Å². The van der Waals surface area contributed by atoms with E-state index in [-0.39, 0.29) is 16.2 Å². The summed E-state index contributed by atoms with van der Waals surface area (Å²) in [5, 5.41) is 18.7. The maximum atomic E-state index is 9.46. The molecule has 16 heavy (non-hydrogen) atoms. The van der Waals surface area contributed by atoms with E-state index in [4.69, 9.17) is 0 Å². The lowest BCUT2D eigenvalue weighted by atomic mass is 9.62. The van der Waals surface area contributed by atoms with Crippen LogP contribution in [0.15, 0.2) is 23.8 Å². The quantitative estimate of drug-likeness (QED) is 0.574. The van der Waals surface area contributed by atoms with Gasteiger partial charge in [0, 0.05) is 22.3 Å². The topological polar surface area (TPSA) is 47.6 Å². The van der Waals surface area contributed by atoms with E-state index in [0.717, 1.165) is 18.4 Å². The van der Waals surface area contributed by atoms with Crippen molar-refractivity contribution in [1.82, 2.24) is 0 Å². The zero-order valence-corrected chi connectivity index (χ0v) is 9.03. The highest BCUT2D eigenvalue weighted by molar-refractivity contribution is 5.63. The zero-order chi connectivity index (χ0) is 11.0. The van der Waals surface area contributed by atoms with Gasteiger partial charge >= 0.3 is 0 Å². The largest absolute Gasteiger partial charge is 0.197 e. The molecule has 0 aromatic rings. The van der Waals surface area contributed by atoms with Gasteiger partial charge in [-0.3, -0.25) is 0 Å². The maximum Gasteiger partial charge on any atom is 0.0953 e. The van der Waals surface area contributed by atoms with Crippen molar-refractivity contribution in [2.45, 2.75) is 25.7 Å². The molecule has 78 valence electrons. The Morgan fingerprint density at radius 1 is 1.19 bits per heavy atom. The lowest BCUT2D eigenvalue weighted by Crippen LogP contribution is -2.34. The van der Waals surface area contributed by atoms with Gasteiger partial charge in [-0.15, -0.1) is 0 Å². The fourth-order valence-electron chi connectivity index (χ4n) is 5.01. The second kappa shape index (κ2) is 2.11. The summed E-state index contributed by atoms with van der Waals surface area (Å²) in [6.45, 7) is 0. The van der Waals surface area contributed by atoms with Crippen molar-refractivity contribution in [3.63, 3.8) is 0 Å². The molecule has 0 aromatic heterocycles. The molecule has 0 aliphatic heterocycles. The highest BCUT2D eigenvalue weighted by Gasteiger charge is 2.87. The van der Waals surface area contributed by atoms with E-state index in [9.17, 15) is 10.5 Å². The lowest BCUT2D eigenvalue weighted by Gasteiger charge is -2.39. The third-order valence-corrected chi connectivity index (χ3v) is 5.61. The van der Waals surface area contributed by atoms with Gasteiger partial charge in [-0.25, -0.2) is 0 Å². The first-order chi connectivity index (χ1) is 7.77. The Labute approximate surface area is 94.9 Å². The van der Waals surface area contributed by atoms with Crippen molar-refractivity contribution < 1.29 is 0 Å². The minimum Gasteiger partial charge on any atom is -0.197 e. The van der Waals surface area contributed by atoms with Gasteiger partial charge in [-0.2, -0.15) is 10.5 Å². The molecule has 4 aliphatic rings. The Balaban J connectivity index is 2.00. The first-order valence-corrected chi connectivity index (χ1v) is 6.01. The molecule has 2 nitrogen and oxygen atoms in total. The fraction of sp³-hybridized carbons (Fsp3) is 0.571. The van der Waals surface area contributed by atoms with Crippen LogP contribution in [0.3, 0.4) is 0 Å². The molecular formula is C14H12N2. The predicted molar refractivity (Wildman–Crippen MR) is 57.7 cm³/mol. The van der Waals surface area contributed by atoms with Crippen LogP contribution in [0.4, 0.5) is 0 Å². The Bertz CT molecular complexity index is 544. The van der Waals surface area contributed by atoms with E-state index in [1.54, 1.807) is 0 Å². The molecule has 2 unspecified atom stereocenters. The molecule has 0 N–H and O–H groups in total. The summed E-state index contributed by atoms with van der Waals surface area (Å²) in [6.07, 6.45) is 11.0. The van der Waals surface area contributed by atoms with Crippen molar-refractivity contribution in [2.75, 3.05) is 0 Å². The minimum atomic E-state index is -0.242. The molecule has 1 spiro atoms. The molecule has 0 bridgehead atoms. The van der Waals surface area contributed by atoms with Crippen LogP contribution in [0, 0.1) is 44.8 Å². The monoisotopic (exact) mass is 208 g/mol. The van der Waals surface area contributed by atoms with E-state index < -0.39 is 0 Å². The average Bonchev–Trinajstić information content (AvgIpc) is 2.64. The molecule has 0 saturated heterocycles. The molecule has 0 aromatic carbocycles. The second-order valence-electron chi connectivity index (χ2n) is 5.63. The Morgan fingerprint density at radius 2 is 2.00 bits per heavy atom. The predicted octanol–water partition coefficient (Wildman–Crippen LogP) is 2.71. The normalized spacial score (nSPS) is 54.6. The number of nitriles is 2. The molecule has 4 rings (SSSR count). The molecule has 4 aliphatic carbocycles. The SMILES string of the molecule is N#CC1=C[C@@H]2C34CCCCC13C=C[C@]24C#N. The van der Waals surface area contributed by atoms with Crippen molar-refractivity contribution in [2.24, 2.45) is 22.2 Å². The van der Waals surface area contributed by atoms with E-state index in [1.807, 2.05) is 0 Å². The number of nitrogens with zero attached hydrogens (tertiary/aromatic N) is 2. The molecule has 0 heterocycles. The van der Waals surface area contributed by atoms with Crippen LogP contribution in [0.1, 0.15) is 25.7 Å². The van der Waals surface area contributed by atoms with Crippen LogP contribution in [0.2, 0.25) is 0 Å². The summed E-state index contributed by atoms with van der Waals surface area (Å²) in [6, 6.07) is 4.91. The van der Waals surface area contributed by atoms with Crippen molar-refractivity contribution in [1.29, 1.82) is 10.5 Å². The average molecular weight is 208 g/mol. The Kier molecular flexibility index (Phi) is 1.13. The van der Waals surface area contributed by atoms with Crippen LogP contribution < -0.4 is 0 Å². The smallest absolute Gasteiger partial charge is 0.0953 e. The number of hydrogen-bond donors (Lipinski definition) is 0. The lowest BCUT2D eigenvalue weighted by molar-refractivity contribution is 0.166. The Hall–Kier alpha value is -1.54. The third-order valence-electron chi connectivity index (χ3n) is 5.61. The zero-order valence-electron chi connectivity index (χ0n) is 9.03. The van der Waals surface area contributed by atoms with Crippen molar-refractivity contribution in [3.05, 3.63) is 23.8 Å². The van der Waals surface area contributed by atoms with E-state index >= 15 is 0 Å². The van der Waals surface area contributed by atoms with Gasteiger partial charge < -0.3 is 0 Å². The van der Waals surface area contributed by atoms with Gasteiger partial charge in [0.05, 0.1) is 17.6 Å². The molecule has 0 radical (unpaired) electrons. The van der Waals surface area contributed by atoms with E-state index in [1.165, 1.54) is 12.8 Å². The second-order valence-corrected chi connectivity index (χ2v) is 5.63.